The van der Waals surface area contributed by atoms with E-state index in [2.05, 4.69) is 20.3 Å². The van der Waals surface area contributed by atoms with Gasteiger partial charge in [-0.2, -0.15) is 5.10 Å². The first-order valence-corrected chi connectivity index (χ1v) is 8.72. The molecule has 0 aliphatic carbocycles. The van der Waals surface area contributed by atoms with Crippen LogP contribution >= 0.6 is 0 Å². The van der Waals surface area contributed by atoms with Crippen molar-refractivity contribution in [3.63, 3.8) is 0 Å². The standard InChI is InChI=1S/C19H21N5O2/c1-23-12-14(11-20-23)13-24-9-7-16-17(8-10-24)26-19(22-16)18(25)21-15-5-3-2-4-6-15/h2-6,11-12H,7-10,13H2,1H3,(H,21,25). The lowest BCUT2D eigenvalue weighted by Gasteiger charge is -2.18. The first-order chi connectivity index (χ1) is 12.7. The number of carbonyl (C=O) groups is 1. The third kappa shape index (κ3) is 3.67. The van der Waals surface area contributed by atoms with E-state index in [9.17, 15) is 4.79 Å². The maximum Gasteiger partial charge on any atom is 0.311 e. The topological polar surface area (TPSA) is 76.2 Å². The fourth-order valence-corrected chi connectivity index (χ4v) is 3.18. The van der Waals surface area contributed by atoms with Crippen molar-refractivity contribution >= 4 is 11.6 Å². The third-order valence-corrected chi connectivity index (χ3v) is 4.49. The number of anilines is 1. The van der Waals surface area contributed by atoms with Gasteiger partial charge in [0.2, 0.25) is 0 Å². The molecule has 3 aromatic rings. The summed E-state index contributed by atoms with van der Waals surface area (Å²) in [5.41, 5.74) is 2.81. The molecule has 26 heavy (non-hydrogen) atoms. The largest absolute Gasteiger partial charge is 0.437 e. The number of amides is 1. The van der Waals surface area contributed by atoms with Gasteiger partial charge in [-0.05, 0) is 12.1 Å². The third-order valence-electron chi connectivity index (χ3n) is 4.49. The maximum atomic E-state index is 12.3. The zero-order chi connectivity index (χ0) is 17.9. The molecule has 2 aromatic heterocycles. The average Bonchev–Trinajstić information content (AvgIpc) is 3.19. The van der Waals surface area contributed by atoms with Gasteiger partial charge in [0.25, 0.3) is 5.89 Å². The smallest absolute Gasteiger partial charge is 0.311 e. The fraction of sp³-hybridized carbons (Fsp3) is 0.316. The van der Waals surface area contributed by atoms with E-state index in [1.54, 1.807) is 0 Å². The van der Waals surface area contributed by atoms with Crippen LogP contribution < -0.4 is 5.32 Å². The first-order valence-electron chi connectivity index (χ1n) is 8.72. The van der Waals surface area contributed by atoms with Crippen LogP contribution in [0.1, 0.15) is 27.7 Å². The van der Waals surface area contributed by atoms with Gasteiger partial charge >= 0.3 is 5.91 Å². The van der Waals surface area contributed by atoms with Crippen LogP contribution in [0.5, 0.6) is 0 Å². The van der Waals surface area contributed by atoms with Crippen LogP contribution in [-0.2, 0) is 26.4 Å². The molecule has 1 N–H and O–H groups in total. The molecule has 0 atom stereocenters. The van der Waals surface area contributed by atoms with Crippen molar-refractivity contribution in [2.24, 2.45) is 7.05 Å². The lowest BCUT2D eigenvalue weighted by Crippen LogP contribution is -2.26. The second-order valence-corrected chi connectivity index (χ2v) is 6.51. The van der Waals surface area contributed by atoms with Crippen molar-refractivity contribution in [1.29, 1.82) is 0 Å². The van der Waals surface area contributed by atoms with Crippen molar-refractivity contribution in [1.82, 2.24) is 19.7 Å². The number of oxazole rings is 1. The monoisotopic (exact) mass is 351 g/mol. The van der Waals surface area contributed by atoms with Crippen LogP contribution in [0.25, 0.3) is 0 Å². The Kier molecular flexibility index (Phi) is 4.53. The van der Waals surface area contributed by atoms with Gasteiger partial charge in [-0.25, -0.2) is 4.98 Å². The lowest BCUT2D eigenvalue weighted by molar-refractivity contribution is 0.0988. The Morgan fingerprint density at radius 3 is 2.81 bits per heavy atom. The molecule has 3 heterocycles. The Morgan fingerprint density at radius 2 is 2.04 bits per heavy atom. The van der Waals surface area contributed by atoms with E-state index in [0.717, 1.165) is 49.6 Å². The van der Waals surface area contributed by atoms with Crippen molar-refractivity contribution in [3.05, 3.63) is 65.6 Å². The molecule has 0 bridgehead atoms. The number of aromatic nitrogens is 3. The Hall–Kier alpha value is -2.93. The number of carbonyl (C=O) groups excluding carboxylic acids is 1. The lowest BCUT2D eigenvalue weighted by atomic mass is 10.2. The quantitative estimate of drug-likeness (QED) is 0.780. The highest BCUT2D eigenvalue weighted by atomic mass is 16.4. The molecular formula is C19H21N5O2. The molecule has 1 amide bonds. The fourth-order valence-electron chi connectivity index (χ4n) is 3.18. The van der Waals surface area contributed by atoms with E-state index in [0.29, 0.717) is 0 Å². The first kappa shape index (κ1) is 16.5. The number of rotatable bonds is 4. The number of benzene rings is 1. The molecule has 0 fully saturated rings. The molecule has 0 unspecified atom stereocenters. The predicted octanol–water partition coefficient (Wildman–Crippen LogP) is 2.26. The van der Waals surface area contributed by atoms with E-state index in [1.165, 1.54) is 5.56 Å². The van der Waals surface area contributed by atoms with E-state index < -0.39 is 0 Å². The molecule has 1 aliphatic heterocycles. The number of aryl methyl sites for hydroxylation is 1. The van der Waals surface area contributed by atoms with Crippen LogP contribution in [0.15, 0.2) is 47.1 Å². The number of para-hydroxylation sites is 1. The molecule has 0 radical (unpaired) electrons. The highest BCUT2D eigenvalue weighted by Gasteiger charge is 2.23. The highest BCUT2D eigenvalue weighted by molar-refractivity contribution is 6.00. The molecule has 0 saturated carbocycles. The van der Waals surface area contributed by atoms with Crippen molar-refractivity contribution in [2.45, 2.75) is 19.4 Å². The average molecular weight is 351 g/mol. The molecular weight excluding hydrogens is 330 g/mol. The number of fused-ring (bicyclic) bond motifs is 1. The number of hydrogen-bond donors (Lipinski definition) is 1. The van der Waals surface area contributed by atoms with E-state index in [1.807, 2.05) is 54.5 Å². The van der Waals surface area contributed by atoms with Gasteiger partial charge in [-0.15, -0.1) is 0 Å². The molecule has 0 spiro atoms. The highest BCUT2D eigenvalue weighted by Crippen LogP contribution is 2.19. The summed E-state index contributed by atoms with van der Waals surface area (Å²) in [5.74, 6) is 0.646. The number of nitrogens with zero attached hydrogens (tertiary/aromatic N) is 4. The molecule has 134 valence electrons. The molecule has 4 rings (SSSR count). The summed E-state index contributed by atoms with van der Waals surface area (Å²) in [6.07, 6.45) is 5.46. The van der Waals surface area contributed by atoms with Crippen molar-refractivity contribution in [2.75, 3.05) is 18.4 Å². The molecule has 1 aliphatic rings. The van der Waals surface area contributed by atoms with Crippen LogP contribution in [0.3, 0.4) is 0 Å². The minimum Gasteiger partial charge on any atom is -0.437 e. The minimum absolute atomic E-state index is 0.138. The summed E-state index contributed by atoms with van der Waals surface area (Å²) in [6, 6.07) is 9.32. The second-order valence-electron chi connectivity index (χ2n) is 6.51. The van der Waals surface area contributed by atoms with Gasteiger partial charge in [-0.1, -0.05) is 18.2 Å². The summed E-state index contributed by atoms with van der Waals surface area (Å²) in [6.45, 7) is 2.62. The van der Waals surface area contributed by atoms with Gasteiger partial charge in [0.15, 0.2) is 0 Å². The summed E-state index contributed by atoms with van der Waals surface area (Å²) in [5, 5.41) is 7.03. The Bertz CT molecular complexity index is 874. The maximum absolute atomic E-state index is 12.3. The molecule has 1 aromatic carbocycles. The number of hydrogen-bond acceptors (Lipinski definition) is 5. The zero-order valence-corrected chi connectivity index (χ0v) is 14.7. The Morgan fingerprint density at radius 1 is 1.23 bits per heavy atom. The molecule has 7 heteroatoms. The summed E-state index contributed by atoms with van der Waals surface area (Å²) in [7, 11) is 1.92. The van der Waals surface area contributed by atoms with E-state index in [4.69, 9.17) is 4.42 Å². The Balaban J connectivity index is 1.40. The van der Waals surface area contributed by atoms with Crippen molar-refractivity contribution < 1.29 is 9.21 Å². The van der Waals surface area contributed by atoms with Gasteiger partial charge < -0.3 is 9.73 Å². The van der Waals surface area contributed by atoms with Crippen LogP contribution in [-0.4, -0.2) is 38.7 Å². The van der Waals surface area contributed by atoms with Crippen LogP contribution in [0.2, 0.25) is 0 Å². The summed E-state index contributed by atoms with van der Waals surface area (Å²) in [4.78, 5) is 19.1. The summed E-state index contributed by atoms with van der Waals surface area (Å²) < 4.78 is 7.57. The summed E-state index contributed by atoms with van der Waals surface area (Å²) >= 11 is 0. The Labute approximate surface area is 151 Å². The second kappa shape index (κ2) is 7.13. The van der Waals surface area contributed by atoms with Gasteiger partial charge in [0.05, 0.1) is 11.9 Å². The normalized spacial score (nSPS) is 14.7. The van der Waals surface area contributed by atoms with Gasteiger partial charge in [0, 0.05) is 57.0 Å². The number of nitrogens with one attached hydrogen (secondary N) is 1. The molecule has 7 nitrogen and oxygen atoms in total. The van der Waals surface area contributed by atoms with Gasteiger partial charge in [-0.3, -0.25) is 14.4 Å². The van der Waals surface area contributed by atoms with E-state index >= 15 is 0 Å². The predicted molar refractivity (Wildman–Crippen MR) is 96.8 cm³/mol. The SMILES string of the molecule is Cn1cc(CN2CCc3nc(C(=O)Nc4ccccc4)oc3CC2)cn1. The molecule has 0 saturated heterocycles. The van der Waals surface area contributed by atoms with Gasteiger partial charge in [0.1, 0.15) is 5.76 Å². The van der Waals surface area contributed by atoms with Crippen molar-refractivity contribution in [3.8, 4) is 0 Å². The van der Waals surface area contributed by atoms with Crippen LogP contribution in [0.4, 0.5) is 5.69 Å². The zero-order valence-electron chi connectivity index (χ0n) is 14.7. The minimum atomic E-state index is -0.309. The van der Waals surface area contributed by atoms with Crippen LogP contribution in [0, 0.1) is 0 Å². The van der Waals surface area contributed by atoms with E-state index in [-0.39, 0.29) is 11.8 Å².